The quantitative estimate of drug-likeness (QED) is 0.720. The van der Waals surface area contributed by atoms with Crippen LogP contribution in [-0.2, 0) is 20.9 Å². The van der Waals surface area contributed by atoms with Gasteiger partial charge in [-0.1, -0.05) is 29.8 Å². The summed E-state index contributed by atoms with van der Waals surface area (Å²) < 4.78 is 0. The third-order valence-electron chi connectivity index (χ3n) is 3.61. The van der Waals surface area contributed by atoms with Crippen LogP contribution in [0, 0.1) is 0 Å². The van der Waals surface area contributed by atoms with Crippen molar-refractivity contribution in [2.45, 2.75) is 25.9 Å². The molecule has 1 aromatic carbocycles. The SMILES string of the molecule is CC(=O)NC(CC(=O)N(CC(=O)O)Cc1ccc(Cl)cc1)c1cccs1. The van der Waals surface area contributed by atoms with Gasteiger partial charge in [0.25, 0.3) is 0 Å². The highest BCUT2D eigenvalue weighted by Crippen LogP contribution is 2.23. The first kappa shape index (κ1) is 19.9. The molecule has 2 amide bonds. The monoisotopic (exact) mass is 394 g/mol. The summed E-state index contributed by atoms with van der Waals surface area (Å²) in [6.45, 7) is 1.12. The number of hydrogen-bond acceptors (Lipinski definition) is 4. The number of carbonyl (C=O) groups excluding carboxylic acids is 2. The minimum Gasteiger partial charge on any atom is -0.480 e. The van der Waals surface area contributed by atoms with Gasteiger partial charge < -0.3 is 15.3 Å². The Bertz CT molecular complexity index is 762. The Morgan fingerprint density at radius 1 is 1.23 bits per heavy atom. The predicted octanol–water partition coefficient (Wildman–Crippen LogP) is 3.08. The summed E-state index contributed by atoms with van der Waals surface area (Å²) in [6.07, 6.45) is -0.0129. The van der Waals surface area contributed by atoms with Crippen LogP contribution >= 0.6 is 22.9 Å². The van der Waals surface area contributed by atoms with Crippen molar-refractivity contribution in [1.82, 2.24) is 10.2 Å². The summed E-state index contributed by atoms with van der Waals surface area (Å²) in [5.74, 6) is -1.70. The highest BCUT2D eigenvalue weighted by Gasteiger charge is 2.23. The summed E-state index contributed by atoms with van der Waals surface area (Å²) in [5.41, 5.74) is 0.774. The van der Waals surface area contributed by atoms with Gasteiger partial charge in [-0.15, -0.1) is 11.3 Å². The van der Waals surface area contributed by atoms with Crippen molar-refractivity contribution < 1.29 is 19.5 Å². The second-order valence-electron chi connectivity index (χ2n) is 5.74. The van der Waals surface area contributed by atoms with Crippen molar-refractivity contribution in [2.24, 2.45) is 0 Å². The number of carboxylic acids is 1. The average Bonchev–Trinajstić information content (AvgIpc) is 3.09. The van der Waals surface area contributed by atoms with Crippen LogP contribution in [0.5, 0.6) is 0 Å². The number of benzene rings is 1. The van der Waals surface area contributed by atoms with E-state index in [1.54, 1.807) is 24.3 Å². The molecule has 0 bridgehead atoms. The van der Waals surface area contributed by atoms with Crippen LogP contribution in [0.2, 0.25) is 5.02 Å². The molecule has 6 nitrogen and oxygen atoms in total. The lowest BCUT2D eigenvalue weighted by atomic mass is 10.1. The molecule has 2 aromatic rings. The number of nitrogens with zero attached hydrogens (tertiary/aromatic N) is 1. The molecule has 0 saturated carbocycles. The molecule has 8 heteroatoms. The van der Waals surface area contributed by atoms with Crippen LogP contribution in [0.1, 0.15) is 29.8 Å². The number of nitrogens with one attached hydrogen (secondary N) is 1. The van der Waals surface area contributed by atoms with Crippen molar-refractivity contribution in [3.63, 3.8) is 0 Å². The fraction of sp³-hybridized carbons (Fsp3) is 0.278. The maximum Gasteiger partial charge on any atom is 0.323 e. The number of halogens is 1. The molecule has 1 unspecified atom stereocenters. The number of hydrogen-bond donors (Lipinski definition) is 2. The topological polar surface area (TPSA) is 86.7 Å². The molecular weight excluding hydrogens is 376 g/mol. The Labute approximate surface area is 160 Å². The van der Waals surface area contributed by atoms with E-state index < -0.39 is 18.6 Å². The molecule has 0 saturated heterocycles. The normalized spacial score (nSPS) is 11.6. The maximum atomic E-state index is 12.7. The minimum atomic E-state index is -1.10. The summed E-state index contributed by atoms with van der Waals surface area (Å²) in [7, 11) is 0. The van der Waals surface area contributed by atoms with E-state index in [1.165, 1.54) is 23.2 Å². The molecule has 26 heavy (non-hydrogen) atoms. The Kier molecular flexibility index (Phi) is 7.17. The standard InChI is InChI=1S/C18H19ClN2O4S/c1-12(22)20-15(16-3-2-8-26-16)9-17(23)21(11-18(24)25)10-13-4-6-14(19)7-5-13/h2-8,15H,9-11H2,1H3,(H,20,22)(H,24,25). The second kappa shape index (κ2) is 9.35. The fourth-order valence-electron chi connectivity index (χ4n) is 2.47. The first-order chi connectivity index (χ1) is 12.3. The van der Waals surface area contributed by atoms with Gasteiger partial charge in [-0.05, 0) is 29.1 Å². The van der Waals surface area contributed by atoms with Crippen LogP contribution in [0.25, 0.3) is 0 Å². The highest BCUT2D eigenvalue weighted by atomic mass is 35.5. The largest absolute Gasteiger partial charge is 0.480 e. The second-order valence-corrected chi connectivity index (χ2v) is 7.16. The minimum absolute atomic E-state index is 0.0129. The summed E-state index contributed by atoms with van der Waals surface area (Å²) in [5, 5.41) is 14.3. The zero-order chi connectivity index (χ0) is 19.1. The average molecular weight is 395 g/mol. The molecule has 0 radical (unpaired) electrons. The van der Waals surface area contributed by atoms with Crippen molar-refractivity contribution in [3.05, 3.63) is 57.2 Å². The first-order valence-electron chi connectivity index (χ1n) is 7.89. The van der Waals surface area contributed by atoms with Crippen LogP contribution in [-0.4, -0.2) is 34.3 Å². The molecular formula is C18H19ClN2O4S. The lowest BCUT2D eigenvalue weighted by Crippen LogP contribution is -2.38. The van der Waals surface area contributed by atoms with Gasteiger partial charge in [0.2, 0.25) is 11.8 Å². The van der Waals surface area contributed by atoms with E-state index in [9.17, 15) is 14.4 Å². The summed E-state index contributed by atoms with van der Waals surface area (Å²) in [6, 6.07) is 10.0. The number of amides is 2. The molecule has 0 spiro atoms. The number of aliphatic carboxylic acids is 1. The fourth-order valence-corrected chi connectivity index (χ4v) is 3.37. The molecule has 2 N–H and O–H groups in total. The van der Waals surface area contributed by atoms with Crippen LogP contribution in [0.3, 0.4) is 0 Å². The van der Waals surface area contributed by atoms with Gasteiger partial charge in [0.1, 0.15) is 6.54 Å². The first-order valence-corrected chi connectivity index (χ1v) is 9.15. The Hall–Kier alpha value is -2.38. The molecule has 1 heterocycles. The molecule has 0 aliphatic carbocycles. The zero-order valence-corrected chi connectivity index (χ0v) is 15.7. The van der Waals surface area contributed by atoms with E-state index in [0.29, 0.717) is 5.02 Å². The molecule has 2 rings (SSSR count). The predicted molar refractivity (Wildman–Crippen MR) is 100.0 cm³/mol. The number of rotatable bonds is 8. The van der Waals surface area contributed by atoms with E-state index in [4.69, 9.17) is 16.7 Å². The van der Waals surface area contributed by atoms with E-state index in [-0.39, 0.29) is 24.8 Å². The summed E-state index contributed by atoms with van der Waals surface area (Å²) >= 11 is 7.29. The maximum absolute atomic E-state index is 12.7. The van der Waals surface area contributed by atoms with E-state index in [1.807, 2.05) is 17.5 Å². The molecule has 0 fully saturated rings. The smallest absolute Gasteiger partial charge is 0.323 e. The third-order valence-corrected chi connectivity index (χ3v) is 4.85. The molecule has 138 valence electrons. The Morgan fingerprint density at radius 2 is 1.92 bits per heavy atom. The van der Waals surface area contributed by atoms with Crippen LogP contribution in [0.15, 0.2) is 41.8 Å². The molecule has 1 atom stereocenters. The van der Waals surface area contributed by atoms with E-state index in [2.05, 4.69) is 5.32 Å². The molecule has 1 aromatic heterocycles. The van der Waals surface area contributed by atoms with Crippen molar-refractivity contribution in [2.75, 3.05) is 6.54 Å². The summed E-state index contributed by atoms with van der Waals surface area (Å²) in [4.78, 5) is 37.5. The van der Waals surface area contributed by atoms with Gasteiger partial charge in [0.05, 0.1) is 12.5 Å². The van der Waals surface area contributed by atoms with Crippen LogP contribution < -0.4 is 5.32 Å². The van der Waals surface area contributed by atoms with Gasteiger partial charge >= 0.3 is 5.97 Å². The van der Waals surface area contributed by atoms with Gasteiger partial charge in [-0.25, -0.2) is 0 Å². The molecule has 0 aliphatic heterocycles. The van der Waals surface area contributed by atoms with Crippen molar-refractivity contribution in [1.29, 1.82) is 0 Å². The van der Waals surface area contributed by atoms with Crippen molar-refractivity contribution >= 4 is 40.7 Å². The van der Waals surface area contributed by atoms with Gasteiger partial charge in [0, 0.05) is 23.4 Å². The number of carboxylic acid groups (broad SMARTS) is 1. The highest BCUT2D eigenvalue weighted by molar-refractivity contribution is 7.10. The van der Waals surface area contributed by atoms with Gasteiger partial charge in [-0.3, -0.25) is 14.4 Å². The number of thiophene rings is 1. The van der Waals surface area contributed by atoms with Gasteiger partial charge in [-0.2, -0.15) is 0 Å². The lowest BCUT2D eigenvalue weighted by molar-refractivity contribution is -0.145. The Balaban J connectivity index is 2.14. The van der Waals surface area contributed by atoms with E-state index >= 15 is 0 Å². The third kappa shape index (κ3) is 6.16. The van der Waals surface area contributed by atoms with E-state index in [0.717, 1.165) is 10.4 Å². The molecule has 0 aliphatic rings. The number of carbonyl (C=O) groups is 3. The van der Waals surface area contributed by atoms with Gasteiger partial charge in [0.15, 0.2) is 0 Å². The van der Waals surface area contributed by atoms with Crippen LogP contribution in [0.4, 0.5) is 0 Å². The lowest BCUT2D eigenvalue weighted by Gasteiger charge is -2.24. The van der Waals surface area contributed by atoms with Crippen molar-refractivity contribution in [3.8, 4) is 0 Å². The zero-order valence-electron chi connectivity index (χ0n) is 14.1. The Morgan fingerprint density at radius 3 is 2.46 bits per heavy atom.